The Balaban J connectivity index is 1.72. The molecule has 0 spiro atoms. The zero-order chi connectivity index (χ0) is 31.7. The molecule has 3 nitrogen and oxygen atoms in total. The van der Waals surface area contributed by atoms with Crippen molar-refractivity contribution in [3.63, 3.8) is 0 Å². The third-order valence-corrected chi connectivity index (χ3v) is 10.3. The molecule has 0 aliphatic rings. The van der Waals surface area contributed by atoms with E-state index in [0.29, 0.717) is 0 Å². The smallest absolute Gasteiger partial charge is 0.282 e. The van der Waals surface area contributed by atoms with E-state index in [1.807, 2.05) is 6.07 Å². The van der Waals surface area contributed by atoms with Crippen molar-refractivity contribution >= 4 is 20.9 Å². The first-order chi connectivity index (χ1) is 21.5. The Kier molecular flexibility index (Phi) is 21.9. The lowest BCUT2D eigenvalue weighted by Gasteiger charge is -2.12. The van der Waals surface area contributed by atoms with Gasteiger partial charge in [-0.1, -0.05) is 186 Å². The van der Waals surface area contributed by atoms with Crippen LogP contribution >= 0.6 is 0 Å². The van der Waals surface area contributed by atoms with Crippen molar-refractivity contribution in [2.75, 3.05) is 0 Å². The van der Waals surface area contributed by atoms with Crippen LogP contribution in [0.25, 0.3) is 10.8 Å². The molecule has 0 atom stereocenters. The average Bonchev–Trinajstić information content (AvgIpc) is 3.01. The van der Waals surface area contributed by atoms with Crippen molar-refractivity contribution in [2.45, 2.75) is 199 Å². The minimum absolute atomic E-state index is 0.000793. The maximum Gasteiger partial charge on any atom is 0.294 e. The van der Waals surface area contributed by atoms with Gasteiger partial charge in [0.15, 0.2) is 0 Å². The number of unbranched alkanes of at least 4 members (excludes halogenated alkanes) is 24. The van der Waals surface area contributed by atoms with Gasteiger partial charge in [0.1, 0.15) is 0 Å². The number of rotatable bonds is 29. The van der Waals surface area contributed by atoms with Gasteiger partial charge in [-0.25, -0.2) is 0 Å². The van der Waals surface area contributed by atoms with Crippen LogP contribution in [0.3, 0.4) is 0 Å². The summed E-state index contributed by atoms with van der Waals surface area (Å²) in [5.41, 5.74) is 2.60. The van der Waals surface area contributed by atoms with Crippen LogP contribution in [0.5, 0.6) is 0 Å². The zero-order valence-electron chi connectivity index (χ0n) is 28.9. The van der Waals surface area contributed by atoms with Gasteiger partial charge in [-0.05, 0) is 59.7 Å². The molecule has 0 saturated heterocycles. The highest BCUT2D eigenvalue weighted by atomic mass is 32.2. The fraction of sp³-hybridized carbons (Fsp3) is 0.750. The highest BCUT2D eigenvalue weighted by Crippen LogP contribution is 2.27. The summed E-state index contributed by atoms with van der Waals surface area (Å²) in [5, 5.41) is 2.07. The Morgan fingerprint density at radius 2 is 0.864 bits per heavy atom. The summed E-state index contributed by atoms with van der Waals surface area (Å²) in [6.07, 6.45) is 37.2. The Morgan fingerprint density at radius 3 is 1.27 bits per heavy atom. The summed E-state index contributed by atoms with van der Waals surface area (Å²) in [6.45, 7) is 4.56. The van der Waals surface area contributed by atoms with Crippen LogP contribution in [-0.2, 0) is 23.0 Å². The second kappa shape index (κ2) is 24.8. The second-order valence-corrected chi connectivity index (χ2v) is 15.0. The van der Waals surface area contributed by atoms with Crippen molar-refractivity contribution in [3.05, 3.63) is 41.5 Å². The van der Waals surface area contributed by atoms with Gasteiger partial charge in [-0.2, -0.15) is 8.42 Å². The molecule has 1 N–H and O–H groups in total. The van der Waals surface area contributed by atoms with Crippen LogP contribution in [-0.4, -0.2) is 13.0 Å². The molecule has 0 saturated carbocycles. The molecule has 0 radical (unpaired) electrons. The van der Waals surface area contributed by atoms with Gasteiger partial charge in [-0.15, -0.1) is 0 Å². The van der Waals surface area contributed by atoms with Gasteiger partial charge >= 0.3 is 0 Å². The molecule has 2 rings (SSSR count). The molecule has 0 bridgehead atoms. The monoisotopic (exact) mass is 628 g/mol. The van der Waals surface area contributed by atoms with Crippen molar-refractivity contribution in [3.8, 4) is 0 Å². The first-order valence-corrected chi connectivity index (χ1v) is 20.4. The molecule has 0 fully saturated rings. The van der Waals surface area contributed by atoms with Crippen molar-refractivity contribution in [1.29, 1.82) is 0 Å². The lowest BCUT2D eigenvalue weighted by atomic mass is 9.94. The second-order valence-electron chi connectivity index (χ2n) is 13.6. The van der Waals surface area contributed by atoms with Crippen LogP contribution in [0.4, 0.5) is 0 Å². The molecular weight excluding hydrogens is 561 g/mol. The fourth-order valence-corrected chi connectivity index (χ4v) is 7.18. The molecule has 0 aliphatic heterocycles. The predicted octanol–water partition coefficient (Wildman–Crippen LogP) is 13.4. The summed E-state index contributed by atoms with van der Waals surface area (Å²) >= 11 is 0. The quantitative estimate of drug-likeness (QED) is 0.0720. The molecule has 0 aromatic heterocycles. The molecule has 0 unspecified atom stereocenters. The first kappa shape index (κ1) is 38.8. The molecule has 0 heterocycles. The lowest BCUT2D eigenvalue weighted by molar-refractivity contribution is 0.483. The highest BCUT2D eigenvalue weighted by Gasteiger charge is 2.13. The topological polar surface area (TPSA) is 54.4 Å². The van der Waals surface area contributed by atoms with Crippen LogP contribution < -0.4 is 0 Å². The highest BCUT2D eigenvalue weighted by molar-refractivity contribution is 7.85. The van der Waals surface area contributed by atoms with Crippen LogP contribution in [0.2, 0.25) is 0 Å². The lowest BCUT2D eigenvalue weighted by Crippen LogP contribution is -1.99. The predicted molar refractivity (Wildman–Crippen MR) is 193 cm³/mol. The molecule has 252 valence electrons. The van der Waals surface area contributed by atoms with Crippen LogP contribution in [0.1, 0.15) is 192 Å². The van der Waals surface area contributed by atoms with Gasteiger partial charge in [0.2, 0.25) is 0 Å². The van der Waals surface area contributed by atoms with E-state index in [0.717, 1.165) is 30.0 Å². The molecule has 4 heteroatoms. The van der Waals surface area contributed by atoms with E-state index in [1.54, 1.807) is 12.1 Å². The van der Waals surface area contributed by atoms with E-state index in [4.69, 9.17) is 0 Å². The largest absolute Gasteiger partial charge is 0.294 e. The summed E-state index contributed by atoms with van der Waals surface area (Å²) in [5.74, 6) is 0. The molecule has 0 aliphatic carbocycles. The van der Waals surface area contributed by atoms with Gasteiger partial charge in [0.25, 0.3) is 10.1 Å². The Morgan fingerprint density at radius 1 is 0.477 bits per heavy atom. The summed E-state index contributed by atoms with van der Waals surface area (Å²) in [7, 11) is -4.21. The van der Waals surface area contributed by atoms with E-state index in [9.17, 15) is 13.0 Å². The van der Waals surface area contributed by atoms with E-state index in [1.165, 1.54) is 172 Å². The van der Waals surface area contributed by atoms with Gasteiger partial charge in [0.05, 0.1) is 4.90 Å². The summed E-state index contributed by atoms with van der Waals surface area (Å²) in [4.78, 5) is 0.000793. The number of hydrogen-bond donors (Lipinski definition) is 1. The van der Waals surface area contributed by atoms with Gasteiger partial charge < -0.3 is 0 Å². The Labute approximate surface area is 273 Å². The van der Waals surface area contributed by atoms with Crippen LogP contribution in [0.15, 0.2) is 35.2 Å². The normalized spacial score (nSPS) is 12.0. The van der Waals surface area contributed by atoms with E-state index < -0.39 is 10.1 Å². The minimum atomic E-state index is -4.21. The van der Waals surface area contributed by atoms with E-state index in [2.05, 4.69) is 26.0 Å². The van der Waals surface area contributed by atoms with Crippen LogP contribution in [0, 0.1) is 0 Å². The molecule has 44 heavy (non-hydrogen) atoms. The number of benzene rings is 2. The molecule has 0 amide bonds. The zero-order valence-corrected chi connectivity index (χ0v) is 29.7. The summed E-state index contributed by atoms with van der Waals surface area (Å²) < 4.78 is 33.3. The first-order valence-electron chi connectivity index (χ1n) is 19.0. The number of fused-ring (bicyclic) bond motifs is 1. The number of hydrogen-bond acceptors (Lipinski definition) is 2. The van der Waals surface area contributed by atoms with Crippen molar-refractivity contribution < 1.29 is 13.0 Å². The fourth-order valence-electron chi connectivity index (χ4n) is 6.67. The molecule has 2 aromatic rings. The molecule has 2 aromatic carbocycles. The Bertz CT molecular complexity index is 1090. The standard InChI is InChI=1S/C40H68O3S/c1-3-5-7-9-11-13-15-17-19-21-23-25-27-29-36-33-37(40-35-39(44(41,42)43)32-31-38(40)34-36)30-28-26-24-22-20-18-16-14-12-10-8-6-4-2/h31-35H,3-30H2,1-2H3,(H,41,42,43). The molecular formula is C40H68O3S. The average molecular weight is 629 g/mol. The maximum atomic E-state index is 11.8. The third-order valence-electron chi connectivity index (χ3n) is 9.49. The maximum absolute atomic E-state index is 11.8. The number of aryl methyl sites for hydroxylation is 2. The van der Waals surface area contributed by atoms with Crippen molar-refractivity contribution in [1.82, 2.24) is 0 Å². The third kappa shape index (κ3) is 17.9. The van der Waals surface area contributed by atoms with E-state index in [-0.39, 0.29) is 4.90 Å². The Hall–Kier alpha value is -1.39. The van der Waals surface area contributed by atoms with Gasteiger partial charge in [-0.3, -0.25) is 4.55 Å². The van der Waals surface area contributed by atoms with Gasteiger partial charge in [0, 0.05) is 0 Å². The van der Waals surface area contributed by atoms with Crippen molar-refractivity contribution in [2.24, 2.45) is 0 Å². The minimum Gasteiger partial charge on any atom is -0.282 e. The SMILES string of the molecule is CCCCCCCCCCCCCCCc1cc(CCCCCCCCCCCCCCC)c2cc(S(=O)(=O)O)ccc2c1. The van der Waals surface area contributed by atoms with E-state index >= 15 is 0 Å². The summed E-state index contributed by atoms with van der Waals surface area (Å²) in [6, 6.07) is 9.64.